The van der Waals surface area contributed by atoms with Crippen LogP contribution >= 0.6 is 0 Å². The van der Waals surface area contributed by atoms with Gasteiger partial charge in [0.15, 0.2) is 0 Å². The second-order valence-corrected chi connectivity index (χ2v) is 6.06. The van der Waals surface area contributed by atoms with Crippen LogP contribution in [0.25, 0.3) is 11.0 Å². The maximum Gasteiger partial charge on any atom is 0.114 e. The predicted molar refractivity (Wildman–Crippen MR) is 79.2 cm³/mol. The molecule has 0 aromatic carbocycles. The van der Waals surface area contributed by atoms with Crippen LogP contribution in [0.5, 0.6) is 0 Å². The third-order valence-corrected chi connectivity index (χ3v) is 3.44. The van der Waals surface area contributed by atoms with E-state index in [-0.39, 0.29) is 5.54 Å². The van der Waals surface area contributed by atoms with Gasteiger partial charge in [-0.05, 0) is 33.3 Å². The van der Waals surface area contributed by atoms with Crippen LogP contribution in [0.15, 0.2) is 18.5 Å². The van der Waals surface area contributed by atoms with Gasteiger partial charge in [0.1, 0.15) is 11.3 Å². The van der Waals surface area contributed by atoms with E-state index in [9.17, 15) is 0 Å². The summed E-state index contributed by atoms with van der Waals surface area (Å²) in [7, 11) is 0. The first kappa shape index (κ1) is 14.0. The number of nitrogens with two attached hydrogens (primary N) is 1. The number of pyridine rings is 1. The van der Waals surface area contributed by atoms with Crippen molar-refractivity contribution in [2.45, 2.75) is 52.0 Å². The molecule has 0 fully saturated rings. The molecule has 1 unspecified atom stereocenters. The van der Waals surface area contributed by atoms with Gasteiger partial charge in [0.05, 0.1) is 11.7 Å². The van der Waals surface area contributed by atoms with Crippen LogP contribution in [0.3, 0.4) is 0 Å². The highest BCUT2D eigenvalue weighted by Crippen LogP contribution is 2.30. The first-order valence-corrected chi connectivity index (χ1v) is 7.02. The number of rotatable bonds is 4. The Labute approximate surface area is 115 Å². The molecule has 1 atom stereocenters. The standard InChI is InChI=1S/C15H24N4/c1-5-6-11(9-16)14-18-12-10-17-8-7-13(12)19(14)15(2,3)4/h7-8,10-11H,5-6,9,16H2,1-4H3. The van der Waals surface area contributed by atoms with Gasteiger partial charge >= 0.3 is 0 Å². The third-order valence-electron chi connectivity index (χ3n) is 3.44. The molecule has 4 nitrogen and oxygen atoms in total. The summed E-state index contributed by atoms with van der Waals surface area (Å²) in [5.41, 5.74) is 8.05. The van der Waals surface area contributed by atoms with Gasteiger partial charge in [-0.1, -0.05) is 13.3 Å². The molecule has 4 heteroatoms. The van der Waals surface area contributed by atoms with Crippen LogP contribution in [0.4, 0.5) is 0 Å². The second kappa shape index (κ2) is 5.29. The number of aromatic nitrogens is 3. The van der Waals surface area contributed by atoms with Crippen molar-refractivity contribution < 1.29 is 0 Å². The maximum absolute atomic E-state index is 5.96. The van der Waals surface area contributed by atoms with Crippen molar-refractivity contribution >= 4 is 11.0 Å². The third kappa shape index (κ3) is 2.63. The van der Waals surface area contributed by atoms with Gasteiger partial charge in [0, 0.05) is 24.2 Å². The van der Waals surface area contributed by atoms with Crippen molar-refractivity contribution in [1.82, 2.24) is 14.5 Å². The molecule has 0 spiro atoms. The van der Waals surface area contributed by atoms with Crippen molar-refractivity contribution in [2.24, 2.45) is 5.73 Å². The van der Waals surface area contributed by atoms with Crippen molar-refractivity contribution in [3.05, 3.63) is 24.3 Å². The summed E-state index contributed by atoms with van der Waals surface area (Å²) in [4.78, 5) is 8.96. The van der Waals surface area contributed by atoms with E-state index in [0.717, 1.165) is 29.7 Å². The molecule has 0 aliphatic carbocycles. The van der Waals surface area contributed by atoms with Gasteiger partial charge in [0.2, 0.25) is 0 Å². The molecular formula is C15H24N4. The van der Waals surface area contributed by atoms with E-state index in [1.165, 1.54) is 0 Å². The Morgan fingerprint density at radius 2 is 2.11 bits per heavy atom. The first-order valence-electron chi connectivity index (χ1n) is 7.02. The minimum atomic E-state index is -0.00734. The molecule has 0 amide bonds. The summed E-state index contributed by atoms with van der Waals surface area (Å²) in [5, 5.41) is 0. The Morgan fingerprint density at radius 1 is 1.37 bits per heavy atom. The van der Waals surface area contributed by atoms with Crippen molar-refractivity contribution in [3.63, 3.8) is 0 Å². The summed E-state index contributed by atoms with van der Waals surface area (Å²) in [6.45, 7) is 9.45. The molecule has 0 aliphatic heterocycles. The predicted octanol–water partition coefficient (Wildman–Crippen LogP) is 3.03. The zero-order valence-electron chi connectivity index (χ0n) is 12.3. The number of fused-ring (bicyclic) bond motifs is 1. The lowest BCUT2D eigenvalue weighted by Gasteiger charge is -2.27. The molecule has 2 N–H and O–H groups in total. The van der Waals surface area contributed by atoms with E-state index in [1.54, 1.807) is 0 Å². The van der Waals surface area contributed by atoms with E-state index in [2.05, 4.69) is 37.2 Å². The molecule has 104 valence electrons. The summed E-state index contributed by atoms with van der Waals surface area (Å²) in [5.74, 6) is 1.41. The zero-order chi connectivity index (χ0) is 14.0. The zero-order valence-corrected chi connectivity index (χ0v) is 12.3. The molecule has 0 saturated carbocycles. The first-order chi connectivity index (χ1) is 8.99. The average molecular weight is 260 g/mol. The Bertz CT molecular complexity index is 551. The normalized spacial score (nSPS) is 13.9. The summed E-state index contributed by atoms with van der Waals surface area (Å²) in [6, 6.07) is 2.04. The fourth-order valence-electron chi connectivity index (χ4n) is 2.63. The topological polar surface area (TPSA) is 56.7 Å². The largest absolute Gasteiger partial charge is 0.330 e. The van der Waals surface area contributed by atoms with Crippen LogP contribution in [0.1, 0.15) is 52.3 Å². The Kier molecular flexibility index (Phi) is 3.90. The molecule has 2 aromatic heterocycles. The highest BCUT2D eigenvalue weighted by molar-refractivity contribution is 5.75. The van der Waals surface area contributed by atoms with E-state index in [1.807, 2.05) is 18.5 Å². The molecule has 0 saturated heterocycles. The van der Waals surface area contributed by atoms with Crippen molar-refractivity contribution in [2.75, 3.05) is 6.54 Å². The van der Waals surface area contributed by atoms with Gasteiger partial charge < -0.3 is 10.3 Å². The molecule has 2 heterocycles. The lowest BCUT2D eigenvalue weighted by molar-refractivity contribution is 0.379. The van der Waals surface area contributed by atoms with E-state index in [4.69, 9.17) is 10.7 Å². The molecule has 2 aromatic rings. The number of hydrogen-bond donors (Lipinski definition) is 1. The molecule has 0 radical (unpaired) electrons. The Morgan fingerprint density at radius 3 is 2.68 bits per heavy atom. The number of nitrogens with zero attached hydrogens (tertiary/aromatic N) is 3. The van der Waals surface area contributed by atoms with E-state index in [0.29, 0.717) is 12.5 Å². The quantitative estimate of drug-likeness (QED) is 0.919. The summed E-state index contributed by atoms with van der Waals surface area (Å²) < 4.78 is 2.32. The van der Waals surface area contributed by atoms with Crippen molar-refractivity contribution in [1.29, 1.82) is 0 Å². The monoisotopic (exact) mass is 260 g/mol. The van der Waals surface area contributed by atoms with Crippen LogP contribution in [0, 0.1) is 0 Å². The molecule has 19 heavy (non-hydrogen) atoms. The highest BCUT2D eigenvalue weighted by atomic mass is 15.1. The van der Waals surface area contributed by atoms with Gasteiger partial charge in [-0.3, -0.25) is 4.98 Å². The SMILES string of the molecule is CCCC(CN)c1nc2cnccc2n1C(C)(C)C. The number of imidazole rings is 1. The Balaban J connectivity index is 2.65. The van der Waals surface area contributed by atoms with Gasteiger partial charge in [-0.15, -0.1) is 0 Å². The van der Waals surface area contributed by atoms with Crippen LogP contribution in [0.2, 0.25) is 0 Å². The van der Waals surface area contributed by atoms with Crippen molar-refractivity contribution in [3.8, 4) is 0 Å². The average Bonchev–Trinajstić information content (AvgIpc) is 2.74. The van der Waals surface area contributed by atoms with Gasteiger partial charge in [0.25, 0.3) is 0 Å². The van der Waals surface area contributed by atoms with Crippen LogP contribution < -0.4 is 5.73 Å². The fourth-order valence-corrected chi connectivity index (χ4v) is 2.63. The second-order valence-electron chi connectivity index (χ2n) is 6.06. The molecule has 2 rings (SSSR count). The molecule has 0 bridgehead atoms. The van der Waals surface area contributed by atoms with Crippen LogP contribution in [-0.2, 0) is 5.54 Å². The summed E-state index contributed by atoms with van der Waals surface area (Å²) in [6.07, 6.45) is 5.85. The summed E-state index contributed by atoms with van der Waals surface area (Å²) >= 11 is 0. The van der Waals surface area contributed by atoms with E-state index < -0.39 is 0 Å². The highest BCUT2D eigenvalue weighted by Gasteiger charge is 2.25. The minimum absolute atomic E-state index is 0.00734. The number of hydrogen-bond acceptors (Lipinski definition) is 3. The molecular weight excluding hydrogens is 236 g/mol. The van der Waals surface area contributed by atoms with Gasteiger partial charge in [-0.2, -0.15) is 0 Å². The van der Waals surface area contributed by atoms with Gasteiger partial charge in [-0.25, -0.2) is 4.98 Å². The van der Waals surface area contributed by atoms with Crippen LogP contribution in [-0.4, -0.2) is 21.1 Å². The minimum Gasteiger partial charge on any atom is -0.330 e. The Hall–Kier alpha value is -1.42. The fraction of sp³-hybridized carbons (Fsp3) is 0.600. The van der Waals surface area contributed by atoms with E-state index >= 15 is 0 Å². The lowest BCUT2D eigenvalue weighted by Crippen LogP contribution is -2.27. The smallest absolute Gasteiger partial charge is 0.114 e. The maximum atomic E-state index is 5.96. The lowest BCUT2D eigenvalue weighted by atomic mass is 10.0. The molecule has 0 aliphatic rings.